The fourth-order valence-electron chi connectivity index (χ4n) is 4.20. The van der Waals surface area contributed by atoms with Crippen molar-refractivity contribution in [1.29, 1.82) is 0 Å². The summed E-state index contributed by atoms with van der Waals surface area (Å²) in [6.07, 6.45) is 1.95. The standard InChI is InChI=1S/C22H27FN4O6S/c23-15-1-4-19(5-2-15)34(30,31)27-11-17(28)12-32-13-21-20(27)6-3-18(33-21)9-22(29)25-10-16-7-8-24-14-26-16/h1-2,4-5,7-8,14,17-18,20-21,28H,3,6,9-13H2,(H,25,29)/t17-,18-,20-,21+/m1/s1. The summed E-state index contributed by atoms with van der Waals surface area (Å²) >= 11 is 0. The summed E-state index contributed by atoms with van der Waals surface area (Å²) in [5, 5.41) is 13.1. The van der Waals surface area contributed by atoms with Crippen LogP contribution in [0, 0.1) is 5.82 Å². The van der Waals surface area contributed by atoms with Crippen LogP contribution in [-0.2, 0) is 30.8 Å². The number of aromatic nitrogens is 2. The van der Waals surface area contributed by atoms with Crippen LogP contribution in [0.25, 0.3) is 0 Å². The van der Waals surface area contributed by atoms with Gasteiger partial charge in [-0.2, -0.15) is 4.31 Å². The van der Waals surface area contributed by atoms with Crippen LogP contribution in [0.1, 0.15) is 25.0 Å². The van der Waals surface area contributed by atoms with Crippen LogP contribution in [0.5, 0.6) is 0 Å². The molecule has 0 aliphatic carbocycles. The summed E-state index contributed by atoms with van der Waals surface area (Å²) < 4.78 is 52.9. The lowest BCUT2D eigenvalue weighted by Gasteiger charge is -2.43. The minimum absolute atomic E-state index is 0.0495. The highest BCUT2D eigenvalue weighted by molar-refractivity contribution is 7.89. The van der Waals surface area contributed by atoms with Crippen molar-refractivity contribution in [2.45, 2.75) is 55.1 Å². The first kappa shape index (κ1) is 24.6. The van der Waals surface area contributed by atoms with Crippen molar-refractivity contribution < 1.29 is 32.2 Å². The molecule has 3 heterocycles. The molecule has 0 spiro atoms. The average Bonchev–Trinajstić information content (AvgIpc) is 2.81. The van der Waals surface area contributed by atoms with Gasteiger partial charge >= 0.3 is 0 Å². The maximum Gasteiger partial charge on any atom is 0.243 e. The first-order chi connectivity index (χ1) is 16.3. The molecule has 2 aromatic rings. The largest absolute Gasteiger partial charge is 0.389 e. The predicted molar refractivity (Wildman–Crippen MR) is 117 cm³/mol. The van der Waals surface area contributed by atoms with E-state index in [2.05, 4.69) is 15.3 Å². The maximum atomic E-state index is 13.4. The minimum Gasteiger partial charge on any atom is -0.389 e. The van der Waals surface area contributed by atoms with Crippen LogP contribution in [-0.4, -0.2) is 77.8 Å². The molecule has 2 aliphatic rings. The van der Waals surface area contributed by atoms with Crippen molar-refractivity contribution in [3.8, 4) is 0 Å². The first-order valence-electron chi connectivity index (χ1n) is 11.0. The van der Waals surface area contributed by atoms with Gasteiger partial charge in [-0.15, -0.1) is 0 Å². The summed E-state index contributed by atoms with van der Waals surface area (Å²) in [6, 6.07) is 5.69. The van der Waals surface area contributed by atoms with E-state index in [-0.39, 0.29) is 43.5 Å². The van der Waals surface area contributed by atoms with Crippen molar-refractivity contribution in [3.63, 3.8) is 0 Å². The van der Waals surface area contributed by atoms with Gasteiger partial charge in [0.1, 0.15) is 12.1 Å². The molecule has 2 saturated heterocycles. The molecule has 0 unspecified atom stereocenters. The normalized spacial score (nSPS) is 26.2. The highest BCUT2D eigenvalue weighted by Gasteiger charge is 2.43. The molecule has 0 bridgehead atoms. The fraction of sp³-hybridized carbons (Fsp3) is 0.500. The van der Waals surface area contributed by atoms with Gasteiger partial charge in [0.15, 0.2) is 0 Å². The average molecular weight is 495 g/mol. The molecular weight excluding hydrogens is 467 g/mol. The van der Waals surface area contributed by atoms with Gasteiger partial charge in [-0.05, 0) is 43.2 Å². The van der Waals surface area contributed by atoms with Crippen molar-refractivity contribution in [2.75, 3.05) is 19.8 Å². The number of nitrogens with zero attached hydrogens (tertiary/aromatic N) is 3. The van der Waals surface area contributed by atoms with E-state index in [1.54, 1.807) is 12.3 Å². The molecule has 34 heavy (non-hydrogen) atoms. The van der Waals surface area contributed by atoms with E-state index in [1.807, 2.05) is 0 Å². The Morgan fingerprint density at radius 2 is 2.00 bits per heavy atom. The van der Waals surface area contributed by atoms with E-state index in [9.17, 15) is 22.7 Å². The molecule has 2 fully saturated rings. The number of sulfonamides is 1. The maximum absolute atomic E-state index is 13.4. The third kappa shape index (κ3) is 5.94. The molecular formula is C22H27FN4O6S. The quantitative estimate of drug-likeness (QED) is 0.598. The predicted octanol–water partition coefficient (Wildman–Crippen LogP) is 0.620. The number of carbonyl (C=O) groups is 1. The lowest BCUT2D eigenvalue weighted by Crippen LogP contribution is -2.57. The Bertz CT molecular complexity index is 1070. The number of rotatable bonds is 6. The molecule has 2 N–H and O–H groups in total. The molecule has 0 saturated carbocycles. The van der Waals surface area contributed by atoms with E-state index in [0.29, 0.717) is 18.5 Å². The topological polar surface area (TPSA) is 131 Å². The number of hydrogen-bond donors (Lipinski definition) is 2. The highest BCUT2D eigenvalue weighted by Crippen LogP contribution is 2.31. The number of benzene rings is 1. The number of aliphatic hydroxyl groups excluding tert-OH is 1. The van der Waals surface area contributed by atoms with E-state index in [0.717, 1.165) is 12.1 Å². The van der Waals surface area contributed by atoms with Gasteiger partial charge in [-0.25, -0.2) is 22.8 Å². The molecule has 2 aliphatic heterocycles. The second-order valence-corrected chi connectivity index (χ2v) is 10.2. The molecule has 4 atom stereocenters. The Kier molecular flexibility index (Phi) is 7.84. The Labute approximate surface area is 197 Å². The van der Waals surface area contributed by atoms with Crippen LogP contribution in [0.3, 0.4) is 0 Å². The number of nitrogens with one attached hydrogen (secondary N) is 1. The SMILES string of the molecule is O=C(C[C@H]1CC[C@@H]2[C@H](COC[C@H](O)CN2S(=O)(=O)c2ccc(F)cc2)O1)NCc1ccncn1. The monoisotopic (exact) mass is 494 g/mol. The zero-order valence-electron chi connectivity index (χ0n) is 18.4. The number of carbonyl (C=O) groups excluding carboxylic acids is 1. The van der Waals surface area contributed by atoms with Crippen molar-refractivity contribution in [3.05, 3.63) is 54.4 Å². The van der Waals surface area contributed by atoms with Crippen molar-refractivity contribution >= 4 is 15.9 Å². The van der Waals surface area contributed by atoms with Crippen LogP contribution >= 0.6 is 0 Å². The van der Waals surface area contributed by atoms with Crippen molar-refractivity contribution in [2.24, 2.45) is 0 Å². The number of aliphatic hydroxyl groups is 1. The van der Waals surface area contributed by atoms with Gasteiger partial charge < -0.3 is 19.9 Å². The third-order valence-corrected chi connectivity index (χ3v) is 7.78. The number of fused-ring (bicyclic) bond motifs is 1. The number of β-amino-alcohol motifs (C(OH)–C–C–N with tert-alkyl or cyclic N) is 1. The Morgan fingerprint density at radius 1 is 1.21 bits per heavy atom. The molecule has 184 valence electrons. The van der Waals surface area contributed by atoms with Gasteiger partial charge in [0.05, 0.1) is 61.1 Å². The molecule has 1 aromatic carbocycles. The summed E-state index contributed by atoms with van der Waals surface area (Å²) in [4.78, 5) is 20.2. The first-order valence-corrected chi connectivity index (χ1v) is 12.5. The minimum atomic E-state index is -4.02. The molecule has 1 amide bonds. The third-order valence-electron chi connectivity index (χ3n) is 5.88. The van der Waals surface area contributed by atoms with Crippen LogP contribution in [0.2, 0.25) is 0 Å². The Hall–Kier alpha value is -2.51. The van der Waals surface area contributed by atoms with Gasteiger partial charge in [0.2, 0.25) is 15.9 Å². The van der Waals surface area contributed by atoms with E-state index in [1.165, 1.54) is 22.8 Å². The van der Waals surface area contributed by atoms with E-state index < -0.39 is 40.2 Å². The summed E-state index contributed by atoms with van der Waals surface area (Å²) in [6.45, 7) is 0.126. The molecule has 0 radical (unpaired) electrons. The lowest BCUT2D eigenvalue weighted by molar-refractivity contribution is -0.146. The van der Waals surface area contributed by atoms with E-state index >= 15 is 0 Å². The lowest BCUT2D eigenvalue weighted by atomic mass is 9.96. The van der Waals surface area contributed by atoms with Gasteiger partial charge in [0, 0.05) is 12.7 Å². The highest BCUT2D eigenvalue weighted by atomic mass is 32.2. The van der Waals surface area contributed by atoms with E-state index in [4.69, 9.17) is 9.47 Å². The van der Waals surface area contributed by atoms with Gasteiger partial charge in [-0.3, -0.25) is 4.79 Å². The van der Waals surface area contributed by atoms with Crippen molar-refractivity contribution in [1.82, 2.24) is 19.6 Å². The number of ether oxygens (including phenoxy) is 2. The van der Waals surface area contributed by atoms with Gasteiger partial charge in [0.25, 0.3) is 0 Å². The van der Waals surface area contributed by atoms with Crippen LogP contribution in [0.15, 0.2) is 47.8 Å². The molecule has 1 aromatic heterocycles. The summed E-state index contributed by atoms with van der Waals surface area (Å²) in [7, 11) is -4.02. The molecule has 12 heteroatoms. The second-order valence-electron chi connectivity index (χ2n) is 8.34. The molecule has 10 nitrogen and oxygen atoms in total. The van der Waals surface area contributed by atoms with Gasteiger partial charge in [-0.1, -0.05) is 0 Å². The zero-order chi connectivity index (χ0) is 24.1. The smallest absolute Gasteiger partial charge is 0.243 e. The Balaban J connectivity index is 1.43. The number of hydrogen-bond acceptors (Lipinski definition) is 8. The second kappa shape index (κ2) is 10.8. The summed E-state index contributed by atoms with van der Waals surface area (Å²) in [5.41, 5.74) is 0.682. The molecule has 4 rings (SSSR count). The van der Waals surface area contributed by atoms with Crippen LogP contribution in [0.4, 0.5) is 4.39 Å². The van der Waals surface area contributed by atoms with Crippen LogP contribution < -0.4 is 5.32 Å². The number of amides is 1. The Morgan fingerprint density at radius 3 is 2.74 bits per heavy atom. The summed E-state index contributed by atoms with van der Waals surface area (Å²) in [5.74, 6) is -0.750. The zero-order valence-corrected chi connectivity index (χ0v) is 19.2. The number of halogens is 1. The fourth-order valence-corrected chi connectivity index (χ4v) is 5.92.